The number of nitrogens with zero attached hydrogens (tertiary/aromatic N) is 2. The van der Waals surface area contributed by atoms with E-state index in [1.54, 1.807) is 19.1 Å². The number of aromatic carboxylic acids is 1. The van der Waals surface area contributed by atoms with Gasteiger partial charge in [-0.05, 0) is 62.9 Å². The molecule has 0 saturated carbocycles. The zero-order valence-corrected chi connectivity index (χ0v) is 14.5. The fraction of sp³-hybridized carbons (Fsp3) is 0.389. The molecule has 2 N–H and O–H groups in total. The van der Waals surface area contributed by atoms with Gasteiger partial charge in [0.2, 0.25) is 0 Å². The molecule has 2 aromatic rings. The van der Waals surface area contributed by atoms with E-state index in [4.69, 9.17) is 5.11 Å². The van der Waals surface area contributed by atoms with Crippen LogP contribution in [0.5, 0.6) is 0 Å². The molecule has 1 amide bonds. The fourth-order valence-electron chi connectivity index (χ4n) is 2.79. The molecule has 24 heavy (non-hydrogen) atoms. The highest BCUT2D eigenvalue weighted by Gasteiger charge is 2.12. The first-order chi connectivity index (χ1) is 11.3. The van der Waals surface area contributed by atoms with Crippen molar-refractivity contribution in [1.82, 2.24) is 15.1 Å². The number of carbonyl (C=O) groups is 2. The van der Waals surface area contributed by atoms with Gasteiger partial charge in [-0.1, -0.05) is 0 Å². The third-order valence-corrected chi connectivity index (χ3v) is 4.13. The average Bonchev–Trinajstić information content (AvgIpc) is 2.76. The predicted molar refractivity (Wildman–Crippen MR) is 91.5 cm³/mol. The second-order valence-corrected chi connectivity index (χ2v) is 6.03. The summed E-state index contributed by atoms with van der Waals surface area (Å²) in [7, 11) is 1.92. The molecule has 1 heterocycles. The number of nitrogens with one attached hydrogen (secondary N) is 1. The maximum absolute atomic E-state index is 12.2. The third kappa shape index (κ3) is 4.01. The SMILES string of the molecule is Cc1cc(C(=O)O)cc(C(=O)NCCCc2c(C)nn(C)c2C)c1. The van der Waals surface area contributed by atoms with Gasteiger partial charge in [-0.15, -0.1) is 0 Å². The molecular formula is C18H23N3O3. The van der Waals surface area contributed by atoms with Crippen LogP contribution < -0.4 is 5.32 Å². The number of aryl methyl sites for hydroxylation is 3. The van der Waals surface area contributed by atoms with Crippen molar-refractivity contribution in [2.24, 2.45) is 7.05 Å². The molecule has 0 aliphatic rings. The minimum absolute atomic E-state index is 0.127. The van der Waals surface area contributed by atoms with Crippen LogP contribution in [-0.2, 0) is 13.5 Å². The van der Waals surface area contributed by atoms with Crippen molar-refractivity contribution in [2.75, 3.05) is 6.54 Å². The van der Waals surface area contributed by atoms with E-state index in [-0.39, 0.29) is 11.5 Å². The summed E-state index contributed by atoms with van der Waals surface area (Å²) < 4.78 is 1.86. The highest BCUT2D eigenvalue weighted by molar-refractivity contribution is 5.97. The van der Waals surface area contributed by atoms with Gasteiger partial charge in [0.15, 0.2) is 0 Å². The van der Waals surface area contributed by atoms with Crippen molar-refractivity contribution in [2.45, 2.75) is 33.6 Å². The Labute approximate surface area is 141 Å². The van der Waals surface area contributed by atoms with Crippen molar-refractivity contribution in [3.63, 3.8) is 0 Å². The van der Waals surface area contributed by atoms with E-state index >= 15 is 0 Å². The lowest BCUT2D eigenvalue weighted by Gasteiger charge is -2.08. The Balaban J connectivity index is 1.93. The maximum Gasteiger partial charge on any atom is 0.335 e. The van der Waals surface area contributed by atoms with Gasteiger partial charge < -0.3 is 10.4 Å². The molecule has 6 heteroatoms. The van der Waals surface area contributed by atoms with Gasteiger partial charge in [0.05, 0.1) is 11.3 Å². The molecule has 0 atom stereocenters. The Kier molecular flexibility index (Phi) is 5.39. The first-order valence-corrected chi connectivity index (χ1v) is 7.92. The first kappa shape index (κ1) is 17.7. The van der Waals surface area contributed by atoms with Crippen LogP contribution in [0.2, 0.25) is 0 Å². The Bertz CT molecular complexity index is 778. The minimum Gasteiger partial charge on any atom is -0.478 e. The number of carbonyl (C=O) groups excluding carboxylic acids is 1. The number of amides is 1. The summed E-state index contributed by atoms with van der Waals surface area (Å²) in [4.78, 5) is 23.3. The molecular weight excluding hydrogens is 306 g/mol. The number of benzene rings is 1. The summed E-state index contributed by atoms with van der Waals surface area (Å²) in [6.45, 7) is 6.33. The van der Waals surface area contributed by atoms with Crippen LogP contribution in [0.15, 0.2) is 18.2 Å². The highest BCUT2D eigenvalue weighted by atomic mass is 16.4. The topological polar surface area (TPSA) is 84.2 Å². The summed E-state index contributed by atoms with van der Waals surface area (Å²) in [5, 5.41) is 16.3. The first-order valence-electron chi connectivity index (χ1n) is 7.92. The Morgan fingerprint density at radius 2 is 1.83 bits per heavy atom. The smallest absolute Gasteiger partial charge is 0.335 e. The van der Waals surface area contributed by atoms with Crippen LogP contribution in [0.1, 0.15) is 49.7 Å². The molecule has 1 aromatic carbocycles. The van der Waals surface area contributed by atoms with E-state index < -0.39 is 5.97 Å². The van der Waals surface area contributed by atoms with E-state index in [2.05, 4.69) is 10.4 Å². The van der Waals surface area contributed by atoms with Gasteiger partial charge in [0.25, 0.3) is 5.91 Å². The number of rotatable bonds is 6. The number of aromatic nitrogens is 2. The number of carboxylic acids is 1. The van der Waals surface area contributed by atoms with Crippen molar-refractivity contribution in [3.8, 4) is 0 Å². The number of hydrogen-bond acceptors (Lipinski definition) is 3. The molecule has 0 aliphatic heterocycles. The quantitative estimate of drug-likeness (QED) is 0.797. The molecule has 0 fully saturated rings. The Morgan fingerprint density at radius 1 is 1.17 bits per heavy atom. The van der Waals surface area contributed by atoms with Crippen LogP contribution >= 0.6 is 0 Å². The Hall–Kier alpha value is -2.63. The zero-order chi connectivity index (χ0) is 17.9. The van der Waals surface area contributed by atoms with Gasteiger partial charge in [0, 0.05) is 24.8 Å². The predicted octanol–water partition coefficient (Wildman–Crippen LogP) is 2.41. The van der Waals surface area contributed by atoms with E-state index in [1.165, 1.54) is 11.6 Å². The normalized spacial score (nSPS) is 10.7. The zero-order valence-electron chi connectivity index (χ0n) is 14.5. The van der Waals surface area contributed by atoms with Gasteiger partial charge in [-0.3, -0.25) is 9.48 Å². The van der Waals surface area contributed by atoms with Gasteiger partial charge in [0.1, 0.15) is 0 Å². The monoisotopic (exact) mass is 329 g/mol. The van der Waals surface area contributed by atoms with Crippen LogP contribution in [-0.4, -0.2) is 33.3 Å². The standard InChI is InChI=1S/C18H23N3O3/c1-11-8-14(10-15(9-11)18(23)24)17(22)19-7-5-6-16-12(2)20-21(4)13(16)3/h8-10H,5-7H2,1-4H3,(H,19,22)(H,23,24). The summed E-state index contributed by atoms with van der Waals surface area (Å²) >= 11 is 0. The van der Waals surface area contributed by atoms with Crippen LogP contribution in [0.4, 0.5) is 0 Å². The summed E-state index contributed by atoms with van der Waals surface area (Å²) in [6, 6.07) is 4.64. The van der Waals surface area contributed by atoms with Crippen LogP contribution in [0.25, 0.3) is 0 Å². The Morgan fingerprint density at radius 3 is 2.42 bits per heavy atom. The molecule has 1 aromatic heterocycles. The second-order valence-electron chi connectivity index (χ2n) is 6.03. The largest absolute Gasteiger partial charge is 0.478 e. The second kappa shape index (κ2) is 7.29. The van der Waals surface area contributed by atoms with E-state index in [0.29, 0.717) is 12.1 Å². The van der Waals surface area contributed by atoms with Gasteiger partial charge in [-0.25, -0.2) is 4.79 Å². The lowest BCUT2D eigenvalue weighted by atomic mass is 10.1. The molecule has 0 bridgehead atoms. The van der Waals surface area contributed by atoms with Crippen LogP contribution in [0.3, 0.4) is 0 Å². The third-order valence-electron chi connectivity index (χ3n) is 4.13. The molecule has 0 radical (unpaired) electrons. The lowest BCUT2D eigenvalue weighted by Crippen LogP contribution is -2.25. The lowest BCUT2D eigenvalue weighted by molar-refractivity contribution is 0.0696. The molecule has 2 rings (SSSR count). The van der Waals surface area contributed by atoms with Crippen LogP contribution in [0, 0.1) is 20.8 Å². The summed E-state index contributed by atoms with van der Waals surface area (Å²) in [5.74, 6) is -1.28. The van der Waals surface area contributed by atoms with Crippen molar-refractivity contribution in [3.05, 3.63) is 51.8 Å². The number of hydrogen-bond donors (Lipinski definition) is 2. The molecule has 128 valence electrons. The van der Waals surface area contributed by atoms with E-state index in [9.17, 15) is 9.59 Å². The summed E-state index contributed by atoms with van der Waals surface area (Å²) in [5.41, 5.74) is 4.63. The minimum atomic E-state index is -1.03. The molecule has 0 aliphatic carbocycles. The fourth-order valence-corrected chi connectivity index (χ4v) is 2.79. The van der Waals surface area contributed by atoms with E-state index in [0.717, 1.165) is 29.8 Å². The molecule has 6 nitrogen and oxygen atoms in total. The van der Waals surface area contributed by atoms with Crippen molar-refractivity contribution in [1.29, 1.82) is 0 Å². The molecule has 0 unspecified atom stereocenters. The molecule has 0 saturated heterocycles. The number of carboxylic acid groups (broad SMARTS) is 1. The highest BCUT2D eigenvalue weighted by Crippen LogP contribution is 2.14. The average molecular weight is 329 g/mol. The van der Waals surface area contributed by atoms with Crippen molar-refractivity contribution < 1.29 is 14.7 Å². The van der Waals surface area contributed by atoms with Gasteiger partial charge >= 0.3 is 5.97 Å². The maximum atomic E-state index is 12.2. The van der Waals surface area contributed by atoms with E-state index in [1.807, 2.05) is 25.6 Å². The van der Waals surface area contributed by atoms with Crippen molar-refractivity contribution >= 4 is 11.9 Å². The van der Waals surface area contributed by atoms with Gasteiger partial charge in [-0.2, -0.15) is 5.10 Å². The summed E-state index contributed by atoms with van der Waals surface area (Å²) in [6.07, 6.45) is 1.65. The molecule has 0 spiro atoms.